The molecule has 1 N–H and O–H groups in total. The van der Waals surface area contributed by atoms with Gasteiger partial charge in [0.2, 0.25) is 0 Å². The Morgan fingerprint density at radius 3 is 2.95 bits per heavy atom. The number of nitrogens with zero attached hydrogens (tertiary/aromatic N) is 4. The maximum absolute atomic E-state index is 9.37. The molecular weight excluding hydrogens is 252 g/mol. The van der Waals surface area contributed by atoms with E-state index in [2.05, 4.69) is 37.9 Å². The summed E-state index contributed by atoms with van der Waals surface area (Å²) in [4.78, 5) is 2.08. The highest BCUT2D eigenvalue weighted by atomic mass is 16.3. The maximum atomic E-state index is 9.37. The molecule has 1 aliphatic rings. The average molecular weight is 272 g/mol. The first kappa shape index (κ1) is 13.1. The maximum Gasteiger partial charge on any atom is 0.164 e. The molecular formula is C15H20N4O. The van der Waals surface area contributed by atoms with Gasteiger partial charge in [0.05, 0.1) is 0 Å². The van der Waals surface area contributed by atoms with Gasteiger partial charge in [0.25, 0.3) is 0 Å². The third-order valence-electron chi connectivity index (χ3n) is 3.92. The fourth-order valence-corrected chi connectivity index (χ4v) is 2.68. The van der Waals surface area contributed by atoms with Crippen LogP contribution in [0.25, 0.3) is 11.4 Å². The first-order valence-electron chi connectivity index (χ1n) is 6.99. The molecule has 20 heavy (non-hydrogen) atoms. The molecule has 0 saturated carbocycles. The van der Waals surface area contributed by atoms with Gasteiger partial charge in [-0.05, 0) is 18.6 Å². The predicted molar refractivity (Wildman–Crippen MR) is 78.7 cm³/mol. The van der Waals surface area contributed by atoms with Gasteiger partial charge in [0, 0.05) is 50.8 Å². The van der Waals surface area contributed by atoms with Gasteiger partial charge in [0.1, 0.15) is 5.82 Å². The Balaban J connectivity index is 1.99. The summed E-state index contributed by atoms with van der Waals surface area (Å²) in [5.74, 6) is 2.25. The Kier molecular flexibility index (Phi) is 3.44. The largest absolute Gasteiger partial charge is 0.396 e. The van der Waals surface area contributed by atoms with Gasteiger partial charge >= 0.3 is 0 Å². The molecule has 1 aromatic heterocycles. The van der Waals surface area contributed by atoms with Gasteiger partial charge < -0.3 is 14.6 Å². The van der Waals surface area contributed by atoms with Crippen LogP contribution in [-0.2, 0) is 13.0 Å². The molecule has 3 rings (SSSR count). The van der Waals surface area contributed by atoms with E-state index in [4.69, 9.17) is 0 Å². The zero-order valence-electron chi connectivity index (χ0n) is 12.0. The van der Waals surface area contributed by atoms with Crippen LogP contribution in [0.3, 0.4) is 0 Å². The van der Waals surface area contributed by atoms with Crippen LogP contribution in [0, 0.1) is 5.92 Å². The molecule has 106 valence electrons. The van der Waals surface area contributed by atoms with Crippen molar-refractivity contribution in [3.8, 4) is 11.4 Å². The van der Waals surface area contributed by atoms with Crippen LogP contribution in [0.15, 0.2) is 24.3 Å². The van der Waals surface area contributed by atoms with Crippen LogP contribution in [0.5, 0.6) is 0 Å². The van der Waals surface area contributed by atoms with E-state index < -0.39 is 0 Å². The summed E-state index contributed by atoms with van der Waals surface area (Å²) in [6.45, 7) is 1.04. The van der Waals surface area contributed by atoms with Crippen molar-refractivity contribution in [1.82, 2.24) is 14.8 Å². The minimum Gasteiger partial charge on any atom is -0.396 e. The van der Waals surface area contributed by atoms with Crippen molar-refractivity contribution in [2.24, 2.45) is 5.92 Å². The monoisotopic (exact) mass is 272 g/mol. The van der Waals surface area contributed by atoms with E-state index in [1.54, 1.807) is 0 Å². The Hall–Kier alpha value is -1.88. The number of hydrogen-bond donors (Lipinski definition) is 1. The van der Waals surface area contributed by atoms with Crippen molar-refractivity contribution in [2.45, 2.75) is 19.4 Å². The summed E-state index contributed by atoms with van der Waals surface area (Å²) in [5, 5.41) is 18.0. The van der Waals surface area contributed by atoms with Gasteiger partial charge in [-0.2, -0.15) is 0 Å². The molecule has 1 atom stereocenters. The number of aryl methyl sites for hydroxylation is 1. The first-order valence-corrected chi connectivity index (χ1v) is 6.99. The van der Waals surface area contributed by atoms with Crippen LogP contribution >= 0.6 is 0 Å². The minimum atomic E-state index is 0.231. The molecule has 0 amide bonds. The molecule has 5 heteroatoms. The molecule has 0 aliphatic carbocycles. The van der Waals surface area contributed by atoms with Crippen molar-refractivity contribution in [3.05, 3.63) is 30.1 Å². The van der Waals surface area contributed by atoms with E-state index in [0.717, 1.165) is 42.3 Å². The fraction of sp³-hybridized carbons (Fsp3) is 0.467. The van der Waals surface area contributed by atoms with Crippen molar-refractivity contribution in [3.63, 3.8) is 0 Å². The van der Waals surface area contributed by atoms with E-state index in [1.807, 2.05) is 20.2 Å². The average Bonchev–Trinajstić information content (AvgIpc) is 2.90. The van der Waals surface area contributed by atoms with Crippen molar-refractivity contribution >= 4 is 5.69 Å². The highest BCUT2D eigenvalue weighted by Gasteiger charge is 2.23. The SMILES string of the molecule is CN(C)c1cccc(-c2nnc3n2CC(CO)CC3)c1. The number of fused-ring (bicyclic) bond motifs is 1. The van der Waals surface area contributed by atoms with Gasteiger partial charge in [0.15, 0.2) is 5.82 Å². The summed E-state index contributed by atoms with van der Waals surface area (Å²) < 4.78 is 2.15. The van der Waals surface area contributed by atoms with Crippen molar-refractivity contribution in [2.75, 3.05) is 25.6 Å². The molecule has 1 aromatic carbocycles. The molecule has 0 radical (unpaired) electrons. The fourth-order valence-electron chi connectivity index (χ4n) is 2.68. The minimum absolute atomic E-state index is 0.231. The lowest BCUT2D eigenvalue weighted by molar-refractivity contribution is 0.191. The second-order valence-electron chi connectivity index (χ2n) is 5.58. The van der Waals surface area contributed by atoms with E-state index in [9.17, 15) is 5.11 Å². The number of rotatable bonds is 3. The lowest BCUT2D eigenvalue weighted by Crippen LogP contribution is -2.23. The Bertz CT molecular complexity index is 606. The quantitative estimate of drug-likeness (QED) is 0.921. The molecule has 0 bridgehead atoms. The topological polar surface area (TPSA) is 54.2 Å². The number of aliphatic hydroxyl groups is 1. The summed E-state index contributed by atoms with van der Waals surface area (Å²) >= 11 is 0. The Morgan fingerprint density at radius 1 is 1.35 bits per heavy atom. The zero-order valence-corrected chi connectivity index (χ0v) is 12.0. The summed E-state index contributed by atoms with van der Waals surface area (Å²) in [7, 11) is 4.06. The summed E-state index contributed by atoms with van der Waals surface area (Å²) in [6.07, 6.45) is 1.89. The van der Waals surface area contributed by atoms with Crippen LogP contribution < -0.4 is 4.90 Å². The third-order valence-corrected chi connectivity index (χ3v) is 3.92. The molecule has 0 fully saturated rings. The van der Waals surface area contributed by atoms with Gasteiger partial charge in [-0.3, -0.25) is 0 Å². The van der Waals surface area contributed by atoms with Crippen LogP contribution in [-0.4, -0.2) is 40.6 Å². The number of aliphatic hydroxyl groups excluding tert-OH is 1. The molecule has 0 spiro atoms. The second-order valence-corrected chi connectivity index (χ2v) is 5.58. The van der Waals surface area contributed by atoms with Gasteiger partial charge in [-0.15, -0.1) is 10.2 Å². The smallest absolute Gasteiger partial charge is 0.164 e. The molecule has 2 aromatic rings. The first-order chi connectivity index (χ1) is 9.69. The molecule has 0 saturated heterocycles. The second kappa shape index (κ2) is 5.25. The Labute approximate surface area is 118 Å². The van der Waals surface area contributed by atoms with Crippen LogP contribution in [0.1, 0.15) is 12.2 Å². The summed E-state index contributed by atoms with van der Waals surface area (Å²) in [5.41, 5.74) is 2.22. The molecule has 5 nitrogen and oxygen atoms in total. The lowest BCUT2D eigenvalue weighted by atomic mass is 10.00. The number of anilines is 1. The van der Waals surface area contributed by atoms with Gasteiger partial charge in [-0.25, -0.2) is 0 Å². The standard InChI is InChI=1S/C15H20N4O/c1-18(2)13-5-3-4-12(8-13)15-17-16-14-7-6-11(10-20)9-19(14)15/h3-5,8,11,20H,6-7,9-10H2,1-2H3. The van der Waals surface area contributed by atoms with Crippen molar-refractivity contribution in [1.29, 1.82) is 0 Å². The molecule has 1 unspecified atom stereocenters. The lowest BCUT2D eigenvalue weighted by Gasteiger charge is -2.22. The molecule has 1 aliphatic heterocycles. The Morgan fingerprint density at radius 2 is 2.20 bits per heavy atom. The zero-order chi connectivity index (χ0) is 14.1. The van der Waals surface area contributed by atoms with Gasteiger partial charge in [-0.1, -0.05) is 12.1 Å². The number of aromatic nitrogens is 3. The third kappa shape index (κ3) is 2.29. The number of hydrogen-bond acceptors (Lipinski definition) is 4. The predicted octanol–water partition coefficient (Wildman–Crippen LogP) is 1.57. The highest BCUT2D eigenvalue weighted by molar-refractivity contribution is 5.63. The van der Waals surface area contributed by atoms with Crippen LogP contribution in [0.4, 0.5) is 5.69 Å². The van der Waals surface area contributed by atoms with E-state index in [1.165, 1.54) is 0 Å². The van der Waals surface area contributed by atoms with E-state index in [-0.39, 0.29) is 6.61 Å². The van der Waals surface area contributed by atoms with E-state index in [0.29, 0.717) is 5.92 Å². The van der Waals surface area contributed by atoms with Crippen LogP contribution in [0.2, 0.25) is 0 Å². The summed E-state index contributed by atoms with van der Waals surface area (Å²) in [6, 6.07) is 8.30. The van der Waals surface area contributed by atoms with Crippen molar-refractivity contribution < 1.29 is 5.11 Å². The highest BCUT2D eigenvalue weighted by Crippen LogP contribution is 2.27. The van der Waals surface area contributed by atoms with E-state index >= 15 is 0 Å². The normalized spacial score (nSPS) is 17.9. The number of benzene rings is 1. The molecule has 2 heterocycles.